The molecule has 2 aromatic heterocycles. The molecular weight excluding hydrogens is 588 g/mol. The first-order chi connectivity index (χ1) is 23.8. The molecule has 0 saturated heterocycles. The summed E-state index contributed by atoms with van der Waals surface area (Å²) < 4.78 is 11.2. The monoisotopic (exact) mass is 616 g/mol. The fraction of sp³-hybridized carbons (Fsp3) is 0. The van der Waals surface area contributed by atoms with Crippen molar-refractivity contribution in [3.63, 3.8) is 0 Å². The van der Waals surface area contributed by atoms with Gasteiger partial charge in [0, 0.05) is 11.1 Å². The standard InChI is InChI=1S/C44H28N2O2/c1-2-6-29(7-3-1)30-10-12-31(13-11-30)36-22-23-39-40(28-36)42(33-16-20-35(21-17-33)44-46-25-27-48-44)38-9-5-4-8-37(38)41(39)32-14-18-34(19-15-32)43-45-24-26-47-43/h1-28H. The molecule has 0 atom stereocenters. The van der Waals surface area contributed by atoms with Crippen LogP contribution in [0.2, 0.25) is 0 Å². The fourth-order valence-electron chi connectivity index (χ4n) is 6.76. The van der Waals surface area contributed by atoms with Gasteiger partial charge in [-0.3, -0.25) is 0 Å². The third kappa shape index (κ3) is 4.88. The van der Waals surface area contributed by atoms with Crippen LogP contribution in [-0.4, -0.2) is 9.97 Å². The first-order valence-corrected chi connectivity index (χ1v) is 16.0. The molecule has 0 aliphatic carbocycles. The van der Waals surface area contributed by atoms with Crippen LogP contribution in [0.4, 0.5) is 0 Å². The summed E-state index contributed by atoms with van der Waals surface area (Å²) in [5, 5.41) is 4.76. The smallest absolute Gasteiger partial charge is 0.225 e. The lowest BCUT2D eigenvalue weighted by Gasteiger charge is -2.19. The average molecular weight is 617 g/mol. The van der Waals surface area contributed by atoms with Crippen LogP contribution in [0.3, 0.4) is 0 Å². The summed E-state index contributed by atoms with van der Waals surface area (Å²) in [5.74, 6) is 1.23. The average Bonchev–Trinajstić information content (AvgIpc) is 3.91. The van der Waals surface area contributed by atoms with Gasteiger partial charge in [0.05, 0.1) is 12.4 Å². The normalized spacial score (nSPS) is 11.3. The zero-order valence-corrected chi connectivity index (χ0v) is 25.9. The molecule has 0 bridgehead atoms. The van der Waals surface area contributed by atoms with E-state index in [0.29, 0.717) is 11.8 Å². The van der Waals surface area contributed by atoms with Gasteiger partial charge in [0.2, 0.25) is 11.8 Å². The van der Waals surface area contributed by atoms with E-state index in [0.717, 1.165) is 22.3 Å². The van der Waals surface area contributed by atoms with Crippen LogP contribution in [0.1, 0.15) is 0 Å². The SMILES string of the molecule is c1ccc(-c2ccc(-c3ccc4c(-c5ccc(-c6ncco6)cc5)c5ccccc5c(-c5ccc(-c6ncco6)cc5)c4c3)cc2)cc1. The highest BCUT2D eigenvalue weighted by molar-refractivity contribution is 6.22. The fourth-order valence-corrected chi connectivity index (χ4v) is 6.76. The lowest BCUT2D eigenvalue weighted by Crippen LogP contribution is -1.92. The van der Waals surface area contributed by atoms with Crippen molar-refractivity contribution in [1.29, 1.82) is 0 Å². The van der Waals surface area contributed by atoms with Crippen molar-refractivity contribution in [2.45, 2.75) is 0 Å². The molecule has 0 aliphatic heterocycles. The summed E-state index contributed by atoms with van der Waals surface area (Å²) in [6, 6.07) is 52.0. The van der Waals surface area contributed by atoms with Gasteiger partial charge in [-0.1, -0.05) is 115 Å². The van der Waals surface area contributed by atoms with Crippen LogP contribution in [0, 0.1) is 0 Å². The Labute approximate surface area is 277 Å². The van der Waals surface area contributed by atoms with E-state index in [1.807, 2.05) is 0 Å². The van der Waals surface area contributed by atoms with Crippen LogP contribution >= 0.6 is 0 Å². The third-order valence-corrected chi connectivity index (χ3v) is 9.06. The molecule has 2 heterocycles. The van der Waals surface area contributed by atoms with E-state index in [-0.39, 0.29) is 0 Å². The quantitative estimate of drug-likeness (QED) is 0.174. The lowest BCUT2D eigenvalue weighted by molar-refractivity contribution is 0.574. The van der Waals surface area contributed by atoms with Gasteiger partial charge in [-0.15, -0.1) is 0 Å². The Morgan fingerprint density at radius 3 is 1.23 bits per heavy atom. The van der Waals surface area contributed by atoms with E-state index >= 15 is 0 Å². The Morgan fingerprint density at radius 1 is 0.312 bits per heavy atom. The van der Waals surface area contributed by atoms with Crippen molar-refractivity contribution < 1.29 is 8.83 Å². The topological polar surface area (TPSA) is 52.1 Å². The Hall–Kier alpha value is -6.52. The second-order valence-electron chi connectivity index (χ2n) is 11.8. The van der Waals surface area contributed by atoms with Crippen LogP contribution in [0.15, 0.2) is 179 Å². The minimum Gasteiger partial charge on any atom is -0.445 e. The molecule has 7 aromatic carbocycles. The number of rotatable bonds is 6. The molecule has 0 N–H and O–H groups in total. The maximum Gasteiger partial charge on any atom is 0.225 e. The van der Waals surface area contributed by atoms with E-state index in [9.17, 15) is 0 Å². The van der Waals surface area contributed by atoms with Crippen molar-refractivity contribution >= 4 is 21.5 Å². The molecular formula is C44H28N2O2. The first kappa shape index (κ1) is 27.8. The highest BCUT2D eigenvalue weighted by Gasteiger charge is 2.18. The molecule has 9 rings (SSSR count). The zero-order valence-electron chi connectivity index (χ0n) is 25.9. The summed E-state index contributed by atoms with van der Waals surface area (Å²) >= 11 is 0. The lowest BCUT2D eigenvalue weighted by atomic mass is 9.84. The van der Waals surface area contributed by atoms with E-state index < -0.39 is 0 Å². The van der Waals surface area contributed by atoms with Crippen molar-refractivity contribution in [2.75, 3.05) is 0 Å². The van der Waals surface area contributed by atoms with Gasteiger partial charge in [-0.25, -0.2) is 9.97 Å². The van der Waals surface area contributed by atoms with Crippen molar-refractivity contribution in [3.05, 3.63) is 171 Å². The molecule has 0 fully saturated rings. The van der Waals surface area contributed by atoms with Gasteiger partial charge in [-0.2, -0.15) is 0 Å². The van der Waals surface area contributed by atoms with E-state index in [1.54, 1.807) is 24.9 Å². The van der Waals surface area contributed by atoms with Crippen LogP contribution in [-0.2, 0) is 0 Å². The molecule has 0 amide bonds. The van der Waals surface area contributed by atoms with Crippen LogP contribution in [0.5, 0.6) is 0 Å². The predicted octanol–water partition coefficient (Wildman–Crippen LogP) is 12.0. The number of hydrogen-bond donors (Lipinski definition) is 0. The van der Waals surface area contributed by atoms with Gasteiger partial charge < -0.3 is 8.83 Å². The number of fused-ring (bicyclic) bond motifs is 2. The summed E-state index contributed by atoms with van der Waals surface area (Å²) in [6.07, 6.45) is 6.56. The van der Waals surface area contributed by atoms with Gasteiger partial charge in [-0.05, 0) is 96.4 Å². The van der Waals surface area contributed by atoms with Crippen LogP contribution < -0.4 is 0 Å². The molecule has 226 valence electrons. The largest absolute Gasteiger partial charge is 0.445 e. The molecule has 9 aromatic rings. The second kappa shape index (κ2) is 11.7. The van der Waals surface area contributed by atoms with Gasteiger partial charge >= 0.3 is 0 Å². The first-order valence-electron chi connectivity index (χ1n) is 16.0. The van der Waals surface area contributed by atoms with E-state index in [4.69, 9.17) is 8.83 Å². The predicted molar refractivity (Wildman–Crippen MR) is 194 cm³/mol. The summed E-state index contributed by atoms with van der Waals surface area (Å²) in [6.45, 7) is 0. The van der Waals surface area contributed by atoms with E-state index in [1.165, 1.54) is 54.9 Å². The Balaban J connectivity index is 1.26. The molecule has 0 saturated carbocycles. The summed E-state index contributed by atoms with van der Waals surface area (Å²) in [5.41, 5.74) is 11.3. The molecule has 0 aliphatic rings. The minimum absolute atomic E-state index is 0.612. The van der Waals surface area contributed by atoms with E-state index in [2.05, 4.69) is 156 Å². The Bertz CT molecular complexity index is 2500. The number of benzene rings is 7. The zero-order chi connectivity index (χ0) is 31.9. The minimum atomic E-state index is 0.612. The summed E-state index contributed by atoms with van der Waals surface area (Å²) in [7, 11) is 0. The Morgan fingerprint density at radius 2 is 0.708 bits per heavy atom. The molecule has 4 heteroatoms. The van der Waals surface area contributed by atoms with Gasteiger partial charge in [0.25, 0.3) is 0 Å². The molecule has 48 heavy (non-hydrogen) atoms. The number of nitrogens with zero attached hydrogens (tertiary/aromatic N) is 2. The Kier molecular flexibility index (Phi) is 6.76. The second-order valence-corrected chi connectivity index (χ2v) is 11.8. The number of aromatic nitrogens is 2. The van der Waals surface area contributed by atoms with Crippen molar-refractivity contribution in [3.8, 4) is 67.4 Å². The van der Waals surface area contributed by atoms with Crippen molar-refractivity contribution in [1.82, 2.24) is 9.97 Å². The number of hydrogen-bond acceptors (Lipinski definition) is 4. The summed E-state index contributed by atoms with van der Waals surface area (Å²) in [4.78, 5) is 8.69. The van der Waals surface area contributed by atoms with Crippen LogP contribution in [0.25, 0.3) is 89.0 Å². The van der Waals surface area contributed by atoms with Gasteiger partial charge in [0.15, 0.2) is 0 Å². The van der Waals surface area contributed by atoms with Crippen molar-refractivity contribution in [2.24, 2.45) is 0 Å². The molecule has 0 unspecified atom stereocenters. The maximum atomic E-state index is 5.58. The van der Waals surface area contributed by atoms with Gasteiger partial charge in [0.1, 0.15) is 12.5 Å². The molecule has 0 radical (unpaired) electrons. The highest BCUT2D eigenvalue weighted by Crippen LogP contribution is 2.45. The number of oxazole rings is 2. The molecule has 4 nitrogen and oxygen atoms in total. The molecule has 0 spiro atoms. The third-order valence-electron chi connectivity index (χ3n) is 9.06. The highest BCUT2D eigenvalue weighted by atomic mass is 16.3. The maximum absolute atomic E-state index is 5.58.